The minimum absolute atomic E-state index is 0.000334. The van der Waals surface area contributed by atoms with Gasteiger partial charge in [-0.25, -0.2) is 9.37 Å². The van der Waals surface area contributed by atoms with E-state index < -0.39 is 29.5 Å². The topological polar surface area (TPSA) is 70.9 Å². The second-order valence-electron chi connectivity index (χ2n) is 11.0. The maximum Gasteiger partial charge on any atom is 0.419 e. The van der Waals surface area contributed by atoms with Crippen molar-refractivity contribution >= 4 is 11.8 Å². The van der Waals surface area contributed by atoms with Crippen LogP contribution in [0.2, 0.25) is 0 Å². The summed E-state index contributed by atoms with van der Waals surface area (Å²) in [6.45, 7) is 2.96. The van der Waals surface area contributed by atoms with Crippen LogP contribution in [0.3, 0.4) is 0 Å². The highest BCUT2D eigenvalue weighted by Gasteiger charge is 2.37. The molecule has 3 heterocycles. The molecule has 2 fully saturated rings. The Balaban J connectivity index is 1.41. The van der Waals surface area contributed by atoms with E-state index >= 15 is 0 Å². The first-order valence-corrected chi connectivity index (χ1v) is 14.4. The lowest BCUT2D eigenvalue weighted by molar-refractivity contribution is -0.141. The second-order valence-corrected chi connectivity index (χ2v) is 11.0. The monoisotopic (exact) mass is 601 g/mol. The van der Waals surface area contributed by atoms with E-state index in [-0.39, 0.29) is 29.8 Å². The SMILES string of the molecule is Cn1cnc(C(=O)N(Cc2ccc(F)c(C(F)(F)F)c2)C2CCCN(C(C(=O)N3CCOCC3)c3ccccc3)CC2)c1. The lowest BCUT2D eigenvalue weighted by atomic mass is 10.0. The van der Waals surface area contributed by atoms with Gasteiger partial charge >= 0.3 is 6.18 Å². The summed E-state index contributed by atoms with van der Waals surface area (Å²) < 4.78 is 61.6. The number of aromatic nitrogens is 2. The molecule has 0 bridgehead atoms. The fraction of sp³-hybridized carbons (Fsp3) is 0.452. The van der Waals surface area contributed by atoms with Crippen molar-refractivity contribution in [2.45, 2.75) is 44.1 Å². The first-order valence-electron chi connectivity index (χ1n) is 14.4. The Hall–Kier alpha value is -3.77. The third kappa shape index (κ3) is 7.24. The van der Waals surface area contributed by atoms with E-state index in [4.69, 9.17) is 4.74 Å². The van der Waals surface area contributed by atoms with Crippen LogP contribution in [-0.2, 0) is 29.3 Å². The Bertz CT molecular complexity index is 1410. The van der Waals surface area contributed by atoms with Crippen LogP contribution in [0.4, 0.5) is 17.6 Å². The van der Waals surface area contributed by atoms with Crippen molar-refractivity contribution in [2.24, 2.45) is 7.05 Å². The van der Waals surface area contributed by atoms with Crippen molar-refractivity contribution in [3.63, 3.8) is 0 Å². The van der Waals surface area contributed by atoms with E-state index in [9.17, 15) is 27.2 Å². The quantitative estimate of drug-likeness (QED) is 0.368. The van der Waals surface area contributed by atoms with E-state index in [2.05, 4.69) is 9.88 Å². The third-order valence-electron chi connectivity index (χ3n) is 8.08. The highest BCUT2D eigenvalue weighted by atomic mass is 19.4. The van der Waals surface area contributed by atoms with Gasteiger partial charge in [-0.15, -0.1) is 0 Å². The highest BCUT2D eigenvalue weighted by Crippen LogP contribution is 2.33. The van der Waals surface area contributed by atoms with Gasteiger partial charge in [-0.1, -0.05) is 36.4 Å². The van der Waals surface area contributed by atoms with Crippen molar-refractivity contribution in [1.82, 2.24) is 24.3 Å². The molecule has 0 radical (unpaired) electrons. The van der Waals surface area contributed by atoms with E-state index in [1.54, 1.807) is 22.7 Å². The summed E-state index contributed by atoms with van der Waals surface area (Å²) in [5, 5.41) is 0. The summed E-state index contributed by atoms with van der Waals surface area (Å²) in [7, 11) is 1.72. The summed E-state index contributed by atoms with van der Waals surface area (Å²) in [4.78, 5) is 37.3. The number of amides is 2. The summed E-state index contributed by atoms with van der Waals surface area (Å²) in [5.41, 5.74) is -0.144. The molecule has 2 aliphatic heterocycles. The minimum atomic E-state index is -4.86. The van der Waals surface area contributed by atoms with Gasteiger partial charge < -0.3 is 19.1 Å². The maximum absolute atomic E-state index is 14.0. The molecule has 3 aromatic rings. The number of carbonyl (C=O) groups is 2. The van der Waals surface area contributed by atoms with Crippen LogP contribution in [0, 0.1) is 5.82 Å². The molecule has 230 valence electrons. The standard InChI is InChI=1S/C31H35F4N5O3/c1-37-20-27(36-21-37)29(41)40(19-22-9-10-26(32)25(18-22)31(33,34)35)24-8-5-12-38(13-11-24)28(23-6-3-2-4-7-23)30(42)39-14-16-43-17-15-39/h2-4,6-7,9-10,18,20-21,24,28H,5,8,11-17,19H2,1H3. The molecule has 8 nitrogen and oxygen atoms in total. The Kier molecular flexibility index (Phi) is 9.46. The Morgan fingerprint density at radius 1 is 1.05 bits per heavy atom. The minimum Gasteiger partial charge on any atom is -0.378 e. The number of rotatable bonds is 7. The lowest BCUT2D eigenvalue weighted by Gasteiger charge is -2.36. The Labute approximate surface area is 247 Å². The van der Waals surface area contributed by atoms with Crippen LogP contribution in [0.1, 0.15) is 52.5 Å². The second kappa shape index (κ2) is 13.3. The number of imidazole rings is 1. The van der Waals surface area contributed by atoms with Crippen molar-refractivity contribution < 1.29 is 31.9 Å². The predicted octanol–water partition coefficient (Wildman–Crippen LogP) is 4.68. The molecule has 2 unspecified atom stereocenters. The maximum atomic E-state index is 14.0. The molecule has 0 spiro atoms. The zero-order chi connectivity index (χ0) is 30.6. The number of hydrogen-bond acceptors (Lipinski definition) is 5. The molecular formula is C31H35F4N5O3. The van der Waals surface area contributed by atoms with Crippen LogP contribution in [0.25, 0.3) is 0 Å². The van der Waals surface area contributed by atoms with E-state index in [1.165, 1.54) is 12.4 Å². The summed E-state index contributed by atoms with van der Waals surface area (Å²) in [5.74, 6) is -1.78. The van der Waals surface area contributed by atoms with Crippen molar-refractivity contribution in [3.8, 4) is 0 Å². The van der Waals surface area contributed by atoms with Gasteiger partial charge in [-0.2, -0.15) is 13.2 Å². The number of aryl methyl sites for hydroxylation is 1. The van der Waals surface area contributed by atoms with Crippen LogP contribution in [0.5, 0.6) is 0 Å². The molecule has 2 aromatic carbocycles. The molecule has 2 aliphatic rings. The van der Waals surface area contributed by atoms with Gasteiger partial charge in [0.25, 0.3) is 5.91 Å². The molecule has 43 heavy (non-hydrogen) atoms. The van der Waals surface area contributed by atoms with Gasteiger partial charge in [0.15, 0.2) is 0 Å². The smallest absolute Gasteiger partial charge is 0.378 e. The molecule has 0 saturated carbocycles. The number of halogens is 4. The number of alkyl halides is 3. The first kappa shape index (κ1) is 30.7. The molecule has 2 amide bonds. The van der Waals surface area contributed by atoms with Gasteiger partial charge in [0.05, 0.1) is 25.1 Å². The van der Waals surface area contributed by atoms with Crippen LogP contribution < -0.4 is 0 Å². The molecule has 0 N–H and O–H groups in total. The Morgan fingerprint density at radius 3 is 2.47 bits per heavy atom. The molecular weight excluding hydrogens is 566 g/mol. The number of morpholine rings is 1. The van der Waals surface area contributed by atoms with E-state index in [0.717, 1.165) is 17.7 Å². The van der Waals surface area contributed by atoms with Crippen LogP contribution in [-0.4, -0.2) is 81.5 Å². The van der Waals surface area contributed by atoms with E-state index in [0.29, 0.717) is 58.7 Å². The third-order valence-corrected chi connectivity index (χ3v) is 8.08. The highest BCUT2D eigenvalue weighted by molar-refractivity contribution is 5.92. The van der Waals surface area contributed by atoms with E-state index in [1.807, 2.05) is 35.2 Å². The fourth-order valence-corrected chi connectivity index (χ4v) is 5.89. The molecule has 1 aromatic heterocycles. The average Bonchev–Trinajstić information content (AvgIpc) is 3.30. The number of ether oxygens (including phenoxy) is 1. The van der Waals surface area contributed by atoms with Gasteiger partial charge in [0.2, 0.25) is 5.91 Å². The van der Waals surface area contributed by atoms with Gasteiger partial charge in [-0.05, 0) is 49.1 Å². The van der Waals surface area contributed by atoms with Crippen molar-refractivity contribution in [3.05, 3.63) is 89.3 Å². The average molecular weight is 602 g/mol. The molecule has 2 saturated heterocycles. The molecule has 0 aliphatic carbocycles. The summed E-state index contributed by atoms with van der Waals surface area (Å²) >= 11 is 0. The molecule has 2 atom stereocenters. The largest absolute Gasteiger partial charge is 0.419 e. The van der Waals surface area contributed by atoms with Gasteiger partial charge in [0.1, 0.15) is 17.6 Å². The number of benzene rings is 2. The fourth-order valence-electron chi connectivity index (χ4n) is 5.89. The van der Waals surface area contributed by atoms with Crippen molar-refractivity contribution in [2.75, 3.05) is 39.4 Å². The first-order chi connectivity index (χ1) is 20.6. The number of likely N-dealkylation sites (tertiary alicyclic amines) is 1. The number of carbonyl (C=O) groups excluding carboxylic acids is 2. The molecule has 12 heteroatoms. The number of hydrogen-bond donors (Lipinski definition) is 0. The van der Waals surface area contributed by atoms with Crippen LogP contribution >= 0.6 is 0 Å². The summed E-state index contributed by atoms with van der Waals surface area (Å²) in [6.07, 6.45) is -0.0781. The summed E-state index contributed by atoms with van der Waals surface area (Å²) in [6, 6.07) is 11.6. The lowest BCUT2D eigenvalue weighted by Crippen LogP contribution is -2.48. The predicted molar refractivity (Wildman–Crippen MR) is 150 cm³/mol. The molecule has 5 rings (SSSR count). The Morgan fingerprint density at radius 2 is 1.79 bits per heavy atom. The number of nitrogens with zero attached hydrogens (tertiary/aromatic N) is 5. The van der Waals surface area contributed by atoms with Gasteiger partial charge in [0, 0.05) is 45.5 Å². The van der Waals surface area contributed by atoms with Crippen molar-refractivity contribution in [1.29, 1.82) is 0 Å². The van der Waals surface area contributed by atoms with Crippen LogP contribution in [0.15, 0.2) is 61.1 Å². The zero-order valence-corrected chi connectivity index (χ0v) is 24.0. The normalized spacial score (nSPS) is 19.1. The zero-order valence-electron chi connectivity index (χ0n) is 24.0. The van der Waals surface area contributed by atoms with Gasteiger partial charge in [-0.3, -0.25) is 14.5 Å².